The number of hydrogen-bond acceptors (Lipinski definition) is 9. The molecule has 0 saturated carbocycles. The summed E-state index contributed by atoms with van der Waals surface area (Å²) in [6, 6.07) is 2.81. The van der Waals surface area contributed by atoms with Crippen molar-refractivity contribution in [1.29, 1.82) is 0 Å². The third-order valence-corrected chi connectivity index (χ3v) is 8.39. The van der Waals surface area contributed by atoms with Crippen LogP contribution >= 0.6 is 0 Å². The zero-order chi connectivity index (χ0) is 32.8. The maximum atomic E-state index is 14.2. The van der Waals surface area contributed by atoms with Crippen LogP contribution in [0.5, 0.6) is 0 Å². The van der Waals surface area contributed by atoms with Crippen LogP contribution in [0.4, 0.5) is 34.0 Å². The molecule has 44 heavy (non-hydrogen) atoms. The second-order valence-corrected chi connectivity index (χ2v) is 14.3. The summed E-state index contributed by atoms with van der Waals surface area (Å²) in [5, 5.41) is 2.50. The van der Waals surface area contributed by atoms with E-state index in [1.165, 1.54) is 17.0 Å². The molecule has 2 saturated heterocycles. The van der Waals surface area contributed by atoms with E-state index in [0.717, 1.165) is 18.5 Å². The molecule has 0 bridgehead atoms. The maximum absolute atomic E-state index is 14.2. The molecule has 2 aliphatic rings. The number of nitrogens with zero attached hydrogens (tertiary/aromatic N) is 5. The second-order valence-electron chi connectivity index (χ2n) is 12.3. The standard InChI is InChI=1S/C28H36F4N6O5S/c1-16(2)21-15-36(18-7-8-20(29)22(11-18)44(6,41)42)9-10-38(21)25-33-12-19(23(35-25)28(30,31)32)24(39)34-17-13-37(14-17)26(40)43-27(3,4)5/h7-8,11-12,16-17,21H,9-10,13-15H2,1-6H3,(H,34,39)/t21-/m0/s1. The molecule has 1 atom stereocenters. The first kappa shape index (κ1) is 33.2. The lowest BCUT2D eigenvalue weighted by Gasteiger charge is -2.44. The molecular weight excluding hydrogens is 608 g/mol. The third kappa shape index (κ3) is 7.50. The molecule has 1 aromatic carbocycles. The molecule has 11 nitrogen and oxygen atoms in total. The molecule has 2 fully saturated rings. The van der Waals surface area contributed by atoms with Crippen LogP contribution in [0, 0.1) is 11.7 Å². The minimum Gasteiger partial charge on any atom is -0.444 e. The topological polar surface area (TPSA) is 125 Å². The van der Waals surface area contributed by atoms with Crippen molar-refractivity contribution in [1.82, 2.24) is 20.2 Å². The number of carbonyl (C=O) groups is 2. The fraction of sp³-hybridized carbons (Fsp3) is 0.571. The van der Waals surface area contributed by atoms with Gasteiger partial charge in [0.25, 0.3) is 5.91 Å². The lowest BCUT2D eigenvalue weighted by atomic mass is 9.99. The lowest BCUT2D eigenvalue weighted by Crippen LogP contribution is -2.61. The van der Waals surface area contributed by atoms with E-state index in [-0.39, 0.29) is 44.6 Å². The number of carbonyl (C=O) groups excluding carboxylic acids is 2. The number of ether oxygens (including phenoxy) is 1. The summed E-state index contributed by atoms with van der Waals surface area (Å²) in [6.07, 6.45) is -3.78. The number of piperazine rings is 1. The van der Waals surface area contributed by atoms with Crippen LogP contribution in [0.15, 0.2) is 29.3 Å². The summed E-state index contributed by atoms with van der Waals surface area (Å²) in [5.41, 5.74) is -2.38. The molecule has 1 N–H and O–H groups in total. The van der Waals surface area contributed by atoms with Gasteiger partial charge in [-0.15, -0.1) is 0 Å². The predicted octanol–water partition coefficient (Wildman–Crippen LogP) is 3.74. The summed E-state index contributed by atoms with van der Waals surface area (Å²) in [6.45, 7) is 9.75. The van der Waals surface area contributed by atoms with Crippen molar-refractivity contribution in [3.8, 4) is 0 Å². The number of likely N-dealkylation sites (tertiary alicyclic amines) is 1. The Labute approximate surface area is 253 Å². The fourth-order valence-corrected chi connectivity index (χ4v) is 5.80. The highest BCUT2D eigenvalue weighted by molar-refractivity contribution is 7.90. The minimum absolute atomic E-state index is 0.0844. The summed E-state index contributed by atoms with van der Waals surface area (Å²) >= 11 is 0. The zero-order valence-corrected chi connectivity index (χ0v) is 26.1. The number of benzene rings is 1. The van der Waals surface area contributed by atoms with Crippen molar-refractivity contribution in [3.63, 3.8) is 0 Å². The van der Waals surface area contributed by atoms with E-state index in [9.17, 15) is 35.6 Å². The Morgan fingerprint density at radius 1 is 1.09 bits per heavy atom. The van der Waals surface area contributed by atoms with Crippen LogP contribution in [0.25, 0.3) is 0 Å². The quantitative estimate of drug-likeness (QED) is 0.469. The molecule has 2 amide bonds. The molecule has 2 aliphatic heterocycles. The van der Waals surface area contributed by atoms with Crippen LogP contribution in [0.2, 0.25) is 0 Å². The van der Waals surface area contributed by atoms with Crippen molar-refractivity contribution < 1.29 is 40.3 Å². The monoisotopic (exact) mass is 644 g/mol. The fourth-order valence-electron chi connectivity index (χ4n) is 5.04. The van der Waals surface area contributed by atoms with Gasteiger partial charge in [-0.2, -0.15) is 13.2 Å². The van der Waals surface area contributed by atoms with Gasteiger partial charge in [0, 0.05) is 50.9 Å². The van der Waals surface area contributed by atoms with Gasteiger partial charge < -0.3 is 24.8 Å². The van der Waals surface area contributed by atoms with E-state index in [4.69, 9.17) is 4.74 Å². The van der Waals surface area contributed by atoms with Gasteiger partial charge >= 0.3 is 12.3 Å². The number of nitrogens with one attached hydrogen (secondary N) is 1. The largest absolute Gasteiger partial charge is 0.444 e. The number of halogens is 4. The molecule has 0 radical (unpaired) electrons. The van der Waals surface area contributed by atoms with Gasteiger partial charge in [-0.3, -0.25) is 4.79 Å². The summed E-state index contributed by atoms with van der Waals surface area (Å²) in [5.74, 6) is -2.19. The van der Waals surface area contributed by atoms with Gasteiger partial charge in [-0.25, -0.2) is 27.6 Å². The summed E-state index contributed by atoms with van der Waals surface area (Å²) in [7, 11) is -3.82. The lowest BCUT2D eigenvalue weighted by molar-refractivity contribution is -0.141. The SMILES string of the molecule is CC(C)[C@@H]1CN(c2ccc(F)c(S(C)(=O)=O)c2)CCN1c1ncc(C(=O)NC2CN(C(=O)OC(C)(C)C)C2)c(C(F)(F)F)n1. The molecule has 16 heteroatoms. The number of aromatic nitrogens is 2. The predicted molar refractivity (Wildman–Crippen MR) is 154 cm³/mol. The first-order chi connectivity index (χ1) is 20.2. The Morgan fingerprint density at radius 2 is 1.75 bits per heavy atom. The molecule has 242 valence electrons. The van der Waals surface area contributed by atoms with Gasteiger partial charge in [-0.1, -0.05) is 13.8 Å². The Hall–Kier alpha value is -3.69. The van der Waals surface area contributed by atoms with Crippen molar-refractivity contribution in [2.24, 2.45) is 5.92 Å². The molecule has 4 rings (SSSR count). The van der Waals surface area contributed by atoms with Gasteiger partial charge in [0.05, 0.1) is 17.6 Å². The number of anilines is 2. The van der Waals surface area contributed by atoms with Gasteiger partial charge in [0.15, 0.2) is 15.5 Å². The molecule has 0 unspecified atom stereocenters. The molecule has 0 aliphatic carbocycles. The first-order valence-electron chi connectivity index (χ1n) is 14.0. The van der Waals surface area contributed by atoms with Crippen LogP contribution in [-0.2, 0) is 20.8 Å². The van der Waals surface area contributed by atoms with E-state index < -0.39 is 67.7 Å². The van der Waals surface area contributed by atoms with Crippen molar-refractivity contribution in [2.45, 2.75) is 63.4 Å². The average molecular weight is 645 g/mol. The van der Waals surface area contributed by atoms with E-state index in [2.05, 4.69) is 15.3 Å². The van der Waals surface area contributed by atoms with Crippen LogP contribution < -0.4 is 15.1 Å². The third-order valence-electron chi connectivity index (χ3n) is 7.28. The number of hydrogen-bond donors (Lipinski definition) is 1. The zero-order valence-electron chi connectivity index (χ0n) is 25.3. The van der Waals surface area contributed by atoms with E-state index >= 15 is 0 Å². The van der Waals surface area contributed by atoms with Crippen LogP contribution in [0.1, 0.15) is 50.7 Å². The number of alkyl halides is 3. The molecule has 0 spiro atoms. The Kier molecular flexibility index (Phi) is 9.06. The Balaban J connectivity index is 1.52. The van der Waals surface area contributed by atoms with Gasteiger partial charge in [-0.05, 0) is 44.9 Å². The number of rotatable bonds is 6. The first-order valence-corrected chi connectivity index (χ1v) is 15.9. The minimum atomic E-state index is -4.96. The normalized spacial score (nSPS) is 18.3. The van der Waals surface area contributed by atoms with E-state index in [1.54, 1.807) is 25.7 Å². The molecule has 1 aromatic heterocycles. The molecule has 3 heterocycles. The highest BCUT2D eigenvalue weighted by atomic mass is 32.2. The van der Waals surface area contributed by atoms with E-state index in [0.29, 0.717) is 5.69 Å². The smallest absolute Gasteiger partial charge is 0.434 e. The second kappa shape index (κ2) is 12.0. The highest BCUT2D eigenvalue weighted by Gasteiger charge is 2.41. The van der Waals surface area contributed by atoms with Crippen LogP contribution in [-0.4, -0.2) is 92.0 Å². The van der Waals surface area contributed by atoms with Gasteiger partial charge in [0.2, 0.25) is 5.95 Å². The molecule has 2 aromatic rings. The van der Waals surface area contributed by atoms with Gasteiger partial charge in [0.1, 0.15) is 16.3 Å². The summed E-state index contributed by atoms with van der Waals surface area (Å²) < 4.78 is 86.0. The van der Waals surface area contributed by atoms with E-state index in [1.807, 2.05) is 18.7 Å². The average Bonchev–Trinajstić information content (AvgIpc) is 2.87. The highest BCUT2D eigenvalue weighted by Crippen LogP contribution is 2.33. The molecular formula is C28H36F4N6O5S. The van der Waals surface area contributed by atoms with Crippen molar-refractivity contribution in [2.75, 3.05) is 48.8 Å². The number of sulfone groups is 1. The maximum Gasteiger partial charge on any atom is 0.434 e. The summed E-state index contributed by atoms with van der Waals surface area (Å²) in [4.78, 5) is 37.3. The van der Waals surface area contributed by atoms with Crippen molar-refractivity contribution >= 4 is 33.5 Å². The number of amides is 2. The van der Waals surface area contributed by atoms with Crippen LogP contribution in [0.3, 0.4) is 0 Å². The van der Waals surface area contributed by atoms with Crippen molar-refractivity contribution in [3.05, 3.63) is 41.5 Å². The Morgan fingerprint density at radius 3 is 2.32 bits per heavy atom. The Bertz CT molecular complexity index is 1520.